The highest BCUT2D eigenvalue weighted by atomic mass is 16.8. The van der Waals surface area contributed by atoms with Gasteiger partial charge in [0.05, 0.1) is 38.6 Å². The van der Waals surface area contributed by atoms with E-state index < -0.39 is 124 Å². The molecule has 0 saturated carbocycles. The van der Waals surface area contributed by atoms with Crippen molar-refractivity contribution in [3.8, 4) is 0 Å². The van der Waals surface area contributed by atoms with Gasteiger partial charge in [-0.3, -0.25) is 4.79 Å². The molecule has 84 heavy (non-hydrogen) atoms. The number of ether oxygens (including phenoxy) is 6. The molecule has 0 spiro atoms. The van der Waals surface area contributed by atoms with Crippen molar-refractivity contribution in [3.63, 3.8) is 0 Å². The lowest BCUT2D eigenvalue weighted by Crippen LogP contribution is -2.66. The van der Waals surface area contributed by atoms with Gasteiger partial charge in [0.1, 0.15) is 73.2 Å². The van der Waals surface area contributed by atoms with Gasteiger partial charge in [-0.25, -0.2) is 0 Å². The van der Waals surface area contributed by atoms with E-state index in [1.54, 1.807) is 0 Å². The molecule has 3 heterocycles. The third-order valence-corrected chi connectivity index (χ3v) is 17.0. The van der Waals surface area contributed by atoms with Gasteiger partial charge < -0.3 is 89.9 Å². The molecule has 0 aromatic rings. The van der Waals surface area contributed by atoms with Gasteiger partial charge in [0.15, 0.2) is 18.9 Å². The third-order valence-electron chi connectivity index (χ3n) is 17.0. The van der Waals surface area contributed by atoms with Crippen LogP contribution < -0.4 is 5.32 Å². The molecule has 0 radical (unpaired) electrons. The Morgan fingerprint density at radius 3 is 1.21 bits per heavy atom. The normalized spacial score (nSPS) is 29.3. The maximum atomic E-state index is 13.4. The molecule has 17 unspecified atom stereocenters. The highest BCUT2D eigenvalue weighted by molar-refractivity contribution is 5.76. The minimum absolute atomic E-state index is 0.243. The summed E-state index contributed by atoms with van der Waals surface area (Å²) in [5.74, 6) is -0.243. The number of carbonyl (C=O) groups is 1. The first-order chi connectivity index (χ1) is 40.8. The number of hydrogen-bond donors (Lipinski definition) is 12. The zero-order valence-corrected chi connectivity index (χ0v) is 51.9. The summed E-state index contributed by atoms with van der Waals surface area (Å²) in [6.07, 6.45) is 25.3. The zero-order chi connectivity index (χ0) is 61.2. The number of amides is 1. The van der Waals surface area contributed by atoms with Crippen LogP contribution in [0.15, 0.2) is 24.3 Å². The predicted octanol–water partition coefficient (Wildman–Crippen LogP) is 7.88. The smallest absolute Gasteiger partial charge is 0.220 e. The molecule has 17 atom stereocenters. The van der Waals surface area contributed by atoms with Gasteiger partial charge in [-0.15, -0.1) is 0 Å². The molecule has 3 aliphatic heterocycles. The van der Waals surface area contributed by atoms with E-state index in [0.29, 0.717) is 12.8 Å². The SMILES string of the molecule is CCCCCCC/C=C\C/C=C\CCCCCCCCCCCCCC(=O)NC(COC1OC(CO)C(OC2OC(CO)C(OC3OC(CO)C(O)C(O)C3O)C(O)C2O)C(O)C1O)C(O)CCCCCCCCCCCCCCCCCC. The van der Waals surface area contributed by atoms with Crippen LogP contribution in [0, 0.1) is 0 Å². The second kappa shape index (κ2) is 48.2. The van der Waals surface area contributed by atoms with Crippen LogP contribution in [0.5, 0.6) is 0 Å². The lowest BCUT2D eigenvalue weighted by Gasteiger charge is -2.48. The molecule has 19 nitrogen and oxygen atoms in total. The maximum Gasteiger partial charge on any atom is 0.220 e. The molecule has 494 valence electrons. The van der Waals surface area contributed by atoms with Gasteiger partial charge >= 0.3 is 0 Å². The van der Waals surface area contributed by atoms with Crippen molar-refractivity contribution >= 4 is 5.91 Å². The fourth-order valence-corrected chi connectivity index (χ4v) is 11.5. The van der Waals surface area contributed by atoms with Gasteiger partial charge in [0.25, 0.3) is 0 Å². The Morgan fingerprint density at radius 1 is 0.429 bits per heavy atom. The quantitative estimate of drug-likeness (QED) is 0.0204. The number of hydrogen-bond acceptors (Lipinski definition) is 18. The lowest BCUT2D eigenvalue weighted by molar-refractivity contribution is -0.379. The Hall–Kier alpha value is -1.73. The number of aliphatic hydroxyl groups excluding tert-OH is 11. The minimum Gasteiger partial charge on any atom is -0.394 e. The summed E-state index contributed by atoms with van der Waals surface area (Å²) in [4.78, 5) is 13.4. The second-order valence-corrected chi connectivity index (χ2v) is 24.3. The Balaban J connectivity index is 1.44. The first kappa shape index (κ1) is 76.5. The molecule has 19 heteroatoms. The van der Waals surface area contributed by atoms with Crippen molar-refractivity contribution in [3.05, 3.63) is 24.3 Å². The van der Waals surface area contributed by atoms with Crippen LogP contribution >= 0.6 is 0 Å². The van der Waals surface area contributed by atoms with E-state index in [0.717, 1.165) is 57.8 Å². The van der Waals surface area contributed by atoms with Crippen LogP contribution in [0.3, 0.4) is 0 Å². The van der Waals surface area contributed by atoms with Crippen LogP contribution in [0.2, 0.25) is 0 Å². The molecule has 0 aliphatic carbocycles. The molecule has 3 rings (SSSR count). The monoisotopic (exact) mass is 1200 g/mol. The minimum atomic E-state index is -1.97. The molecule has 3 aliphatic rings. The van der Waals surface area contributed by atoms with Crippen LogP contribution in [-0.2, 0) is 33.2 Å². The van der Waals surface area contributed by atoms with Crippen molar-refractivity contribution in [2.45, 2.75) is 356 Å². The zero-order valence-electron chi connectivity index (χ0n) is 51.9. The maximum absolute atomic E-state index is 13.4. The second-order valence-electron chi connectivity index (χ2n) is 24.3. The topological polar surface area (TPSA) is 307 Å². The lowest BCUT2D eigenvalue weighted by atomic mass is 9.96. The number of unbranched alkanes of at least 4 members (excludes halogenated alkanes) is 31. The van der Waals surface area contributed by atoms with Gasteiger partial charge in [0, 0.05) is 6.42 Å². The molecule has 3 saturated heterocycles. The predicted molar refractivity (Wildman–Crippen MR) is 323 cm³/mol. The van der Waals surface area contributed by atoms with Gasteiger partial charge in [-0.1, -0.05) is 224 Å². The van der Waals surface area contributed by atoms with E-state index in [1.807, 2.05) is 0 Å². The first-order valence-electron chi connectivity index (χ1n) is 33.6. The van der Waals surface area contributed by atoms with E-state index in [9.17, 15) is 61.0 Å². The highest BCUT2D eigenvalue weighted by Gasteiger charge is 2.53. The van der Waals surface area contributed by atoms with Crippen molar-refractivity contribution in [2.24, 2.45) is 0 Å². The largest absolute Gasteiger partial charge is 0.394 e. The van der Waals surface area contributed by atoms with Crippen molar-refractivity contribution in [1.82, 2.24) is 5.32 Å². The molecule has 0 aromatic carbocycles. The van der Waals surface area contributed by atoms with E-state index in [-0.39, 0.29) is 18.9 Å². The number of carbonyl (C=O) groups excluding carboxylic acids is 1. The highest BCUT2D eigenvalue weighted by Crippen LogP contribution is 2.33. The summed E-state index contributed by atoms with van der Waals surface area (Å²) in [5, 5.41) is 121. The van der Waals surface area contributed by atoms with Gasteiger partial charge in [0.2, 0.25) is 5.91 Å². The summed E-state index contributed by atoms with van der Waals surface area (Å²) < 4.78 is 34.4. The molecule has 3 fully saturated rings. The Morgan fingerprint density at radius 2 is 0.786 bits per heavy atom. The Labute approximate surface area is 505 Å². The first-order valence-corrected chi connectivity index (χ1v) is 33.6. The summed E-state index contributed by atoms with van der Waals surface area (Å²) in [6.45, 7) is 1.80. The standard InChI is InChI=1S/C65H121NO18/c1-3-5-7-9-11-13-15-17-19-21-22-23-24-25-26-27-29-31-33-35-37-39-41-43-53(71)66-48(49(70)42-40-38-36-34-32-30-28-20-18-16-14-12-10-8-6-4-2)47-79-63-59(77)56(74)61(51(45-68)81-63)84-65-60(78)57(75)62(52(46-69)82-65)83-64-58(76)55(73)54(72)50(44-67)80-64/h15,17,21-22,48-52,54-65,67-70,72-78H,3-14,16,18-20,23-47H2,1-2H3,(H,66,71)/b17-15-,22-21-. The molecule has 0 aromatic heterocycles. The van der Waals surface area contributed by atoms with Crippen molar-refractivity contribution in [2.75, 3.05) is 26.4 Å². The molecule has 1 amide bonds. The molecule has 0 bridgehead atoms. The summed E-state index contributed by atoms with van der Waals surface area (Å²) in [7, 11) is 0. The van der Waals surface area contributed by atoms with Crippen LogP contribution in [-0.4, -0.2) is 193 Å². The summed E-state index contributed by atoms with van der Waals surface area (Å²) in [5.41, 5.74) is 0. The third kappa shape index (κ3) is 30.7. The van der Waals surface area contributed by atoms with E-state index >= 15 is 0 Å². The number of allylic oxidation sites excluding steroid dienone is 4. The van der Waals surface area contributed by atoms with Crippen molar-refractivity contribution < 1.29 is 89.4 Å². The van der Waals surface area contributed by atoms with E-state index in [2.05, 4.69) is 43.5 Å². The summed E-state index contributed by atoms with van der Waals surface area (Å²) in [6, 6.07) is -0.886. The van der Waals surface area contributed by atoms with Crippen LogP contribution in [0.1, 0.15) is 251 Å². The Kier molecular flexibility index (Phi) is 43.9. The fourth-order valence-electron chi connectivity index (χ4n) is 11.5. The van der Waals surface area contributed by atoms with E-state index in [4.69, 9.17) is 28.4 Å². The average molecular weight is 1200 g/mol. The van der Waals surface area contributed by atoms with Gasteiger partial charge in [-0.05, 0) is 44.9 Å². The van der Waals surface area contributed by atoms with Crippen molar-refractivity contribution in [1.29, 1.82) is 0 Å². The number of nitrogens with one attached hydrogen (secondary N) is 1. The van der Waals surface area contributed by atoms with Gasteiger partial charge in [-0.2, -0.15) is 0 Å². The Bertz CT molecular complexity index is 1630. The molecular weight excluding hydrogens is 1080 g/mol. The molecule has 12 N–H and O–H groups in total. The van der Waals surface area contributed by atoms with E-state index in [1.165, 1.54) is 161 Å². The van der Waals surface area contributed by atoms with Crippen LogP contribution in [0.4, 0.5) is 0 Å². The van der Waals surface area contributed by atoms with Crippen LogP contribution in [0.25, 0.3) is 0 Å². The average Bonchev–Trinajstić information content (AvgIpc) is 3.69. The summed E-state index contributed by atoms with van der Waals surface area (Å²) >= 11 is 0. The molecular formula is C65H121NO18. The fraction of sp³-hybridized carbons (Fsp3) is 0.923. The number of aliphatic hydroxyl groups is 11. The number of rotatable bonds is 51.